The van der Waals surface area contributed by atoms with Gasteiger partial charge in [-0.3, -0.25) is 0 Å². The summed E-state index contributed by atoms with van der Waals surface area (Å²) in [5.74, 6) is 0. The van der Waals surface area contributed by atoms with E-state index in [1.165, 1.54) is 11.1 Å². The van der Waals surface area contributed by atoms with Crippen LogP contribution in [0.1, 0.15) is 31.9 Å². The van der Waals surface area contributed by atoms with Crippen molar-refractivity contribution in [2.75, 3.05) is 20.2 Å². The Morgan fingerprint density at radius 1 is 1.24 bits per heavy atom. The molecule has 1 fully saturated rings. The van der Waals surface area contributed by atoms with Crippen LogP contribution in [-0.2, 0) is 16.6 Å². The Balaban J connectivity index is 2.27. The maximum atomic E-state index is 5.68. The lowest BCUT2D eigenvalue weighted by Crippen LogP contribution is -2.62. The number of hydrogen-bond donors (Lipinski definition) is 1. The van der Waals surface area contributed by atoms with Crippen LogP contribution in [0.5, 0.6) is 0 Å². The molecule has 94 valence electrons. The lowest BCUT2D eigenvalue weighted by atomic mass is 9.79. The Kier molecular flexibility index (Phi) is 3.28. The van der Waals surface area contributed by atoms with Crippen LogP contribution in [0.25, 0.3) is 0 Å². The number of rotatable bonds is 3. The monoisotopic (exact) mass is 233 g/mol. The van der Waals surface area contributed by atoms with Crippen LogP contribution >= 0.6 is 0 Å². The first-order valence-corrected chi connectivity index (χ1v) is 6.31. The molecular weight excluding hydrogens is 210 g/mol. The average molecular weight is 233 g/mol. The molecule has 1 aliphatic rings. The van der Waals surface area contributed by atoms with E-state index in [2.05, 4.69) is 50.4 Å². The van der Waals surface area contributed by atoms with Gasteiger partial charge in [-0.25, -0.2) is 0 Å². The fourth-order valence-corrected chi connectivity index (χ4v) is 2.50. The lowest BCUT2D eigenvalue weighted by Gasteiger charge is -2.42. The van der Waals surface area contributed by atoms with E-state index in [9.17, 15) is 0 Å². The second-order valence-corrected chi connectivity index (χ2v) is 6.07. The van der Waals surface area contributed by atoms with Crippen molar-refractivity contribution in [1.29, 1.82) is 0 Å². The van der Waals surface area contributed by atoms with Crippen LogP contribution in [0, 0.1) is 0 Å². The van der Waals surface area contributed by atoms with Crippen molar-refractivity contribution in [2.24, 2.45) is 0 Å². The van der Waals surface area contributed by atoms with Gasteiger partial charge in [-0.15, -0.1) is 0 Å². The van der Waals surface area contributed by atoms with Gasteiger partial charge in [0.25, 0.3) is 0 Å². The molecule has 2 heteroatoms. The maximum Gasteiger partial charge on any atom is 0.0966 e. The molecule has 1 saturated heterocycles. The summed E-state index contributed by atoms with van der Waals surface area (Å²) in [5, 5.41) is 3.31. The largest absolute Gasteiger partial charge is 0.375 e. The zero-order valence-corrected chi connectivity index (χ0v) is 11.3. The standard InChI is InChI=1S/C15H23NO/c1-14(2,3)13-8-6-5-7-12(13)9-15(17-4)10-16-11-15/h5-8,16H,9-11H2,1-4H3. The Morgan fingerprint density at radius 2 is 1.88 bits per heavy atom. The molecule has 0 unspecified atom stereocenters. The minimum absolute atomic E-state index is 0.0152. The molecule has 1 aromatic rings. The van der Waals surface area contributed by atoms with E-state index in [1.807, 2.05) is 7.11 Å². The van der Waals surface area contributed by atoms with Gasteiger partial charge >= 0.3 is 0 Å². The molecule has 0 atom stereocenters. The quantitative estimate of drug-likeness (QED) is 0.866. The summed E-state index contributed by atoms with van der Waals surface area (Å²) in [5.41, 5.74) is 3.07. The molecule has 1 N–H and O–H groups in total. The highest BCUT2D eigenvalue weighted by Gasteiger charge is 2.37. The number of nitrogens with one attached hydrogen (secondary N) is 1. The molecule has 0 saturated carbocycles. The summed E-state index contributed by atoms with van der Waals surface area (Å²) in [6.07, 6.45) is 1.00. The molecule has 0 bridgehead atoms. The minimum Gasteiger partial charge on any atom is -0.375 e. The molecule has 2 rings (SSSR count). The van der Waals surface area contributed by atoms with Crippen LogP contribution in [0.4, 0.5) is 0 Å². The van der Waals surface area contributed by atoms with Crippen LogP contribution in [-0.4, -0.2) is 25.8 Å². The first-order valence-electron chi connectivity index (χ1n) is 6.31. The molecule has 1 aromatic carbocycles. The molecule has 0 radical (unpaired) electrons. The minimum atomic E-state index is 0.0152. The summed E-state index contributed by atoms with van der Waals surface area (Å²) in [7, 11) is 1.82. The van der Waals surface area contributed by atoms with Crippen molar-refractivity contribution < 1.29 is 4.74 Å². The lowest BCUT2D eigenvalue weighted by molar-refractivity contribution is -0.0504. The van der Waals surface area contributed by atoms with Crippen LogP contribution in [0.3, 0.4) is 0 Å². The van der Waals surface area contributed by atoms with Gasteiger partial charge in [0.1, 0.15) is 0 Å². The molecule has 17 heavy (non-hydrogen) atoms. The van der Waals surface area contributed by atoms with Crippen molar-refractivity contribution in [3.8, 4) is 0 Å². The van der Waals surface area contributed by atoms with E-state index in [4.69, 9.17) is 4.74 Å². The predicted molar refractivity (Wildman–Crippen MR) is 71.5 cm³/mol. The van der Waals surface area contributed by atoms with Gasteiger partial charge in [0, 0.05) is 26.6 Å². The van der Waals surface area contributed by atoms with Gasteiger partial charge in [0.2, 0.25) is 0 Å². The van der Waals surface area contributed by atoms with Crippen LogP contribution in [0.2, 0.25) is 0 Å². The van der Waals surface area contributed by atoms with E-state index >= 15 is 0 Å². The Hall–Kier alpha value is -0.860. The van der Waals surface area contributed by atoms with Gasteiger partial charge in [0.15, 0.2) is 0 Å². The summed E-state index contributed by atoms with van der Waals surface area (Å²) >= 11 is 0. The summed E-state index contributed by atoms with van der Waals surface area (Å²) < 4.78 is 5.68. The second kappa shape index (κ2) is 4.43. The highest BCUT2D eigenvalue weighted by molar-refractivity contribution is 5.34. The van der Waals surface area contributed by atoms with Gasteiger partial charge in [-0.2, -0.15) is 0 Å². The second-order valence-electron chi connectivity index (χ2n) is 6.07. The Morgan fingerprint density at radius 3 is 2.35 bits per heavy atom. The van der Waals surface area contributed by atoms with Crippen LogP contribution in [0.15, 0.2) is 24.3 Å². The molecule has 1 aliphatic heterocycles. The molecule has 0 aromatic heterocycles. The van der Waals surface area contributed by atoms with Gasteiger partial charge in [0.05, 0.1) is 5.60 Å². The molecule has 0 spiro atoms. The Bertz CT molecular complexity index is 383. The summed E-state index contributed by atoms with van der Waals surface area (Å²) in [6.45, 7) is 8.73. The third kappa shape index (κ3) is 2.53. The zero-order chi connectivity index (χ0) is 12.5. The van der Waals surface area contributed by atoms with E-state index in [0.717, 1.165) is 19.5 Å². The molecule has 1 heterocycles. The zero-order valence-electron chi connectivity index (χ0n) is 11.3. The number of hydrogen-bond acceptors (Lipinski definition) is 2. The topological polar surface area (TPSA) is 21.3 Å². The van der Waals surface area contributed by atoms with Crippen molar-refractivity contribution in [2.45, 2.75) is 38.2 Å². The summed E-state index contributed by atoms with van der Waals surface area (Å²) in [4.78, 5) is 0. The number of benzene rings is 1. The maximum absolute atomic E-state index is 5.68. The Labute approximate surface area is 104 Å². The number of methoxy groups -OCH3 is 1. The average Bonchev–Trinajstić information content (AvgIpc) is 2.23. The van der Waals surface area contributed by atoms with Crippen molar-refractivity contribution in [3.63, 3.8) is 0 Å². The normalized spacial score (nSPS) is 18.8. The van der Waals surface area contributed by atoms with Gasteiger partial charge in [-0.1, -0.05) is 45.0 Å². The fraction of sp³-hybridized carbons (Fsp3) is 0.600. The predicted octanol–water partition coefficient (Wildman–Crippen LogP) is 2.52. The van der Waals surface area contributed by atoms with E-state index in [-0.39, 0.29) is 11.0 Å². The first-order chi connectivity index (χ1) is 7.97. The third-order valence-corrected chi connectivity index (χ3v) is 3.67. The fourth-order valence-electron chi connectivity index (χ4n) is 2.50. The van der Waals surface area contributed by atoms with Gasteiger partial charge in [-0.05, 0) is 16.5 Å². The highest BCUT2D eigenvalue weighted by Crippen LogP contribution is 2.30. The first kappa shape index (κ1) is 12.6. The molecule has 2 nitrogen and oxygen atoms in total. The van der Waals surface area contributed by atoms with E-state index in [0.29, 0.717) is 0 Å². The number of ether oxygens (including phenoxy) is 1. The molecule has 0 amide bonds. The van der Waals surface area contributed by atoms with E-state index < -0.39 is 0 Å². The smallest absolute Gasteiger partial charge is 0.0966 e. The highest BCUT2D eigenvalue weighted by atomic mass is 16.5. The SMILES string of the molecule is COC1(Cc2ccccc2C(C)(C)C)CNC1. The van der Waals surface area contributed by atoms with Gasteiger partial charge < -0.3 is 10.1 Å². The third-order valence-electron chi connectivity index (χ3n) is 3.67. The van der Waals surface area contributed by atoms with Crippen LogP contribution < -0.4 is 5.32 Å². The van der Waals surface area contributed by atoms with Crippen molar-refractivity contribution in [3.05, 3.63) is 35.4 Å². The molecular formula is C15H23NO. The molecule has 0 aliphatic carbocycles. The van der Waals surface area contributed by atoms with Crippen molar-refractivity contribution in [1.82, 2.24) is 5.32 Å². The van der Waals surface area contributed by atoms with Crippen molar-refractivity contribution >= 4 is 0 Å². The summed E-state index contributed by atoms with van der Waals surface area (Å²) in [6, 6.07) is 8.73. The van der Waals surface area contributed by atoms with E-state index in [1.54, 1.807) is 0 Å².